The molecule has 0 aromatic heterocycles. The number of rotatable bonds is 6. The molecule has 0 radical (unpaired) electrons. The van der Waals surface area contributed by atoms with Gasteiger partial charge in [0.1, 0.15) is 0 Å². The first-order valence-electron chi connectivity index (χ1n) is 8.01. The average molecular weight is 276 g/mol. The molecule has 1 fully saturated rings. The lowest BCUT2D eigenvalue weighted by atomic mass is 9.97. The molecule has 20 heavy (non-hydrogen) atoms. The van der Waals surface area contributed by atoms with Gasteiger partial charge in [-0.05, 0) is 43.9 Å². The van der Waals surface area contributed by atoms with E-state index in [1.807, 2.05) is 0 Å². The lowest BCUT2D eigenvalue weighted by Crippen LogP contribution is -2.42. The van der Waals surface area contributed by atoms with Crippen molar-refractivity contribution < 1.29 is 5.11 Å². The molecule has 3 nitrogen and oxygen atoms in total. The summed E-state index contributed by atoms with van der Waals surface area (Å²) in [7, 11) is 0. The van der Waals surface area contributed by atoms with Gasteiger partial charge in [0.05, 0.1) is 12.6 Å². The lowest BCUT2D eigenvalue weighted by molar-refractivity contribution is 0.240. The zero-order valence-corrected chi connectivity index (χ0v) is 12.8. The molecule has 2 rings (SSSR count). The highest BCUT2D eigenvalue weighted by Crippen LogP contribution is 2.32. The summed E-state index contributed by atoms with van der Waals surface area (Å²) in [4.78, 5) is 2.42. The molecular formula is C17H28N2O. The highest BCUT2D eigenvalue weighted by atomic mass is 16.3. The number of hydrogen-bond acceptors (Lipinski definition) is 3. The molecule has 1 aromatic carbocycles. The van der Waals surface area contributed by atoms with Crippen LogP contribution < -0.4 is 10.2 Å². The molecule has 2 unspecified atom stereocenters. The van der Waals surface area contributed by atoms with Crippen molar-refractivity contribution in [3.8, 4) is 0 Å². The van der Waals surface area contributed by atoms with E-state index in [0.717, 1.165) is 25.9 Å². The Morgan fingerprint density at radius 2 is 2.10 bits per heavy atom. The molecule has 2 atom stereocenters. The van der Waals surface area contributed by atoms with Gasteiger partial charge in [-0.25, -0.2) is 0 Å². The molecule has 3 heteroatoms. The minimum absolute atomic E-state index is 0.256. The van der Waals surface area contributed by atoms with E-state index >= 15 is 0 Å². The Morgan fingerprint density at radius 1 is 1.30 bits per heavy atom. The van der Waals surface area contributed by atoms with Gasteiger partial charge >= 0.3 is 0 Å². The second-order valence-corrected chi connectivity index (χ2v) is 5.60. The topological polar surface area (TPSA) is 35.5 Å². The van der Waals surface area contributed by atoms with Crippen LogP contribution in [0, 0.1) is 0 Å². The monoisotopic (exact) mass is 276 g/mol. The molecule has 0 amide bonds. The van der Waals surface area contributed by atoms with E-state index < -0.39 is 0 Å². The number of nitrogens with zero attached hydrogens (tertiary/aromatic N) is 1. The lowest BCUT2D eigenvalue weighted by Gasteiger charge is -2.38. The number of nitrogens with one attached hydrogen (secondary N) is 1. The molecule has 0 saturated carbocycles. The number of aliphatic hydroxyl groups excluding tert-OH is 1. The van der Waals surface area contributed by atoms with E-state index in [4.69, 9.17) is 0 Å². The van der Waals surface area contributed by atoms with Gasteiger partial charge in [-0.3, -0.25) is 0 Å². The SMILES string of the molecule is CCNC(CC)c1ccccc1N1CCCCC1CO. The minimum atomic E-state index is 0.256. The summed E-state index contributed by atoms with van der Waals surface area (Å²) >= 11 is 0. The fraction of sp³-hybridized carbons (Fsp3) is 0.647. The predicted octanol–water partition coefficient (Wildman–Crippen LogP) is 3.10. The van der Waals surface area contributed by atoms with Crippen molar-refractivity contribution in [1.29, 1.82) is 0 Å². The first kappa shape index (κ1) is 15.3. The van der Waals surface area contributed by atoms with Crippen LogP contribution in [-0.2, 0) is 0 Å². The maximum absolute atomic E-state index is 9.66. The van der Waals surface area contributed by atoms with Gasteiger partial charge in [0.2, 0.25) is 0 Å². The molecule has 1 aliphatic rings. The van der Waals surface area contributed by atoms with Gasteiger partial charge in [-0.1, -0.05) is 32.0 Å². The van der Waals surface area contributed by atoms with Crippen LogP contribution >= 0.6 is 0 Å². The molecule has 0 aliphatic carbocycles. The number of anilines is 1. The zero-order valence-electron chi connectivity index (χ0n) is 12.8. The van der Waals surface area contributed by atoms with Crippen LogP contribution in [-0.4, -0.2) is 30.8 Å². The van der Waals surface area contributed by atoms with Crippen LogP contribution in [0.2, 0.25) is 0 Å². The van der Waals surface area contributed by atoms with Crippen molar-refractivity contribution in [2.45, 2.75) is 51.6 Å². The molecule has 1 heterocycles. The third kappa shape index (κ3) is 3.33. The summed E-state index contributed by atoms with van der Waals surface area (Å²) < 4.78 is 0. The van der Waals surface area contributed by atoms with E-state index in [-0.39, 0.29) is 12.6 Å². The molecule has 1 aliphatic heterocycles. The molecule has 1 aromatic rings. The first-order valence-corrected chi connectivity index (χ1v) is 8.01. The maximum atomic E-state index is 9.66. The van der Waals surface area contributed by atoms with Crippen LogP contribution in [0.1, 0.15) is 51.1 Å². The van der Waals surface area contributed by atoms with Crippen LogP contribution in [0.25, 0.3) is 0 Å². The van der Waals surface area contributed by atoms with E-state index in [1.165, 1.54) is 24.1 Å². The van der Waals surface area contributed by atoms with Crippen molar-refractivity contribution in [1.82, 2.24) is 5.32 Å². The second kappa shape index (κ2) is 7.65. The summed E-state index contributed by atoms with van der Waals surface area (Å²) in [5.41, 5.74) is 2.68. The van der Waals surface area contributed by atoms with Crippen LogP contribution in [0.3, 0.4) is 0 Å². The third-order valence-electron chi connectivity index (χ3n) is 4.32. The summed E-state index contributed by atoms with van der Waals surface area (Å²) in [6, 6.07) is 9.36. The molecule has 112 valence electrons. The number of hydrogen-bond donors (Lipinski definition) is 2. The summed E-state index contributed by atoms with van der Waals surface area (Å²) in [6.07, 6.45) is 4.64. The fourth-order valence-electron chi connectivity index (χ4n) is 3.27. The standard InChI is InChI=1S/C17H28N2O/c1-3-16(18-4-2)15-10-5-6-11-17(15)19-12-8-7-9-14(19)13-20/h5-6,10-11,14,16,18,20H,3-4,7-9,12-13H2,1-2H3. The third-order valence-corrected chi connectivity index (χ3v) is 4.32. The largest absolute Gasteiger partial charge is 0.394 e. The van der Waals surface area contributed by atoms with Gasteiger partial charge in [0.25, 0.3) is 0 Å². The number of para-hydroxylation sites is 1. The average Bonchev–Trinajstić information content (AvgIpc) is 2.52. The highest BCUT2D eigenvalue weighted by molar-refractivity contribution is 5.56. The Bertz CT molecular complexity index is 408. The summed E-state index contributed by atoms with van der Waals surface area (Å²) in [5, 5.41) is 13.2. The molecule has 0 spiro atoms. The Morgan fingerprint density at radius 3 is 2.80 bits per heavy atom. The van der Waals surface area contributed by atoms with Crippen molar-refractivity contribution >= 4 is 5.69 Å². The first-order chi connectivity index (χ1) is 9.81. The Kier molecular flexibility index (Phi) is 5.86. The van der Waals surface area contributed by atoms with Gasteiger partial charge in [-0.2, -0.15) is 0 Å². The number of benzene rings is 1. The van der Waals surface area contributed by atoms with E-state index in [1.54, 1.807) is 0 Å². The van der Waals surface area contributed by atoms with E-state index in [2.05, 4.69) is 48.3 Å². The van der Waals surface area contributed by atoms with Crippen molar-refractivity contribution in [3.63, 3.8) is 0 Å². The van der Waals surface area contributed by atoms with Crippen LogP contribution in [0.5, 0.6) is 0 Å². The smallest absolute Gasteiger partial charge is 0.0635 e. The van der Waals surface area contributed by atoms with E-state index in [9.17, 15) is 5.11 Å². The van der Waals surface area contributed by atoms with Gasteiger partial charge in [0.15, 0.2) is 0 Å². The Balaban J connectivity index is 2.30. The van der Waals surface area contributed by atoms with Gasteiger partial charge < -0.3 is 15.3 Å². The van der Waals surface area contributed by atoms with Crippen LogP contribution in [0.15, 0.2) is 24.3 Å². The Labute approximate surface area is 123 Å². The van der Waals surface area contributed by atoms with Crippen molar-refractivity contribution in [3.05, 3.63) is 29.8 Å². The van der Waals surface area contributed by atoms with Crippen molar-refractivity contribution in [2.75, 3.05) is 24.6 Å². The zero-order chi connectivity index (χ0) is 14.4. The molecule has 1 saturated heterocycles. The molecule has 2 N–H and O–H groups in total. The second-order valence-electron chi connectivity index (χ2n) is 5.60. The molecule has 0 bridgehead atoms. The maximum Gasteiger partial charge on any atom is 0.0635 e. The van der Waals surface area contributed by atoms with Gasteiger partial charge in [-0.15, -0.1) is 0 Å². The minimum Gasteiger partial charge on any atom is -0.394 e. The van der Waals surface area contributed by atoms with Gasteiger partial charge in [0, 0.05) is 18.3 Å². The van der Waals surface area contributed by atoms with Crippen LogP contribution in [0.4, 0.5) is 5.69 Å². The number of piperidine rings is 1. The summed E-state index contributed by atoms with van der Waals surface area (Å²) in [6.45, 7) is 6.68. The summed E-state index contributed by atoms with van der Waals surface area (Å²) in [5.74, 6) is 0. The fourth-order valence-corrected chi connectivity index (χ4v) is 3.27. The van der Waals surface area contributed by atoms with E-state index in [0.29, 0.717) is 6.04 Å². The number of aliphatic hydroxyl groups is 1. The molecular weight excluding hydrogens is 248 g/mol. The predicted molar refractivity (Wildman–Crippen MR) is 85.2 cm³/mol. The normalized spacial score (nSPS) is 20.9. The Hall–Kier alpha value is -1.06. The highest BCUT2D eigenvalue weighted by Gasteiger charge is 2.25. The van der Waals surface area contributed by atoms with Crippen molar-refractivity contribution in [2.24, 2.45) is 0 Å². The quantitative estimate of drug-likeness (QED) is 0.838.